The molecule has 0 nitrogen and oxygen atoms in total. The third-order valence-corrected chi connectivity index (χ3v) is 4.11. The zero-order chi connectivity index (χ0) is 18.4. The molecule has 0 amide bonds. The Bertz CT molecular complexity index is 1020. The second kappa shape index (κ2) is 8.19. The van der Waals surface area contributed by atoms with E-state index in [9.17, 15) is 4.39 Å². The fourth-order valence-electron chi connectivity index (χ4n) is 2.60. The van der Waals surface area contributed by atoms with Crippen LogP contribution in [0.5, 0.6) is 0 Å². The molecule has 0 aliphatic carbocycles. The van der Waals surface area contributed by atoms with Gasteiger partial charge in [0.05, 0.1) is 0 Å². The second-order valence-electron chi connectivity index (χ2n) is 6.11. The van der Waals surface area contributed by atoms with E-state index in [0.29, 0.717) is 11.1 Å². The lowest BCUT2D eigenvalue weighted by atomic mass is 10.0. The van der Waals surface area contributed by atoms with E-state index >= 15 is 0 Å². The maximum absolute atomic E-state index is 14.5. The smallest absolute Gasteiger partial charge is 0.132 e. The normalized spacial score (nSPS) is 9.65. The molecule has 126 valence electrons. The predicted molar refractivity (Wildman–Crippen MR) is 106 cm³/mol. The molecule has 0 aliphatic heterocycles. The van der Waals surface area contributed by atoms with Gasteiger partial charge in [-0.3, -0.25) is 0 Å². The second-order valence-corrected chi connectivity index (χ2v) is 6.11. The average molecular weight is 338 g/mol. The first-order valence-corrected chi connectivity index (χ1v) is 8.53. The van der Waals surface area contributed by atoms with Crippen molar-refractivity contribution in [3.8, 4) is 34.8 Å². The summed E-state index contributed by atoms with van der Waals surface area (Å²) in [5.41, 5.74) is 5.36. The molecule has 0 N–H and O–H groups in total. The number of aryl methyl sites for hydroxylation is 1. The molecule has 0 saturated heterocycles. The van der Waals surface area contributed by atoms with E-state index in [0.717, 1.165) is 23.1 Å². The van der Waals surface area contributed by atoms with Gasteiger partial charge >= 0.3 is 0 Å². The highest BCUT2D eigenvalue weighted by Crippen LogP contribution is 2.23. The van der Waals surface area contributed by atoms with Crippen LogP contribution in [0.15, 0.2) is 66.7 Å². The number of hydrogen-bond acceptors (Lipinski definition) is 0. The largest absolute Gasteiger partial charge is 0.206 e. The minimum Gasteiger partial charge on any atom is -0.206 e. The summed E-state index contributed by atoms with van der Waals surface area (Å²) in [6.45, 7) is 3.85. The van der Waals surface area contributed by atoms with Gasteiger partial charge in [-0.25, -0.2) is 4.39 Å². The zero-order valence-corrected chi connectivity index (χ0v) is 14.9. The van der Waals surface area contributed by atoms with Crippen LogP contribution in [0.3, 0.4) is 0 Å². The van der Waals surface area contributed by atoms with Crippen molar-refractivity contribution in [1.82, 2.24) is 0 Å². The molecule has 0 fully saturated rings. The first-order chi connectivity index (χ1) is 12.7. The van der Waals surface area contributed by atoms with Gasteiger partial charge in [0.1, 0.15) is 5.82 Å². The third-order valence-electron chi connectivity index (χ3n) is 4.11. The Hall–Kier alpha value is -3.29. The molecular weight excluding hydrogens is 319 g/mol. The summed E-state index contributed by atoms with van der Waals surface area (Å²) in [6.07, 6.45) is 0.746. The average Bonchev–Trinajstić information content (AvgIpc) is 2.66. The summed E-state index contributed by atoms with van der Waals surface area (Å²) >= 11 is 0. The van der Waals surface area contributed by atoms with Crippen molar-refractivity contribution in [1.29, 1.82) is 0 Å². The molecule has 0 unspecified atom stereocenters. The van der Waals surface area contributed by atoms with E-state index in [1.165, 1.54) is 11.6 Å². The maximum atomic E-state index is 14.5. The highest BCUT2D eigenvalue weighted by molar-refractivity contribution is 5.65. The topological polar surface area (TPSA) is 0 Å². The monoisotopic (exact) mass is 338 g/mol. The molecule has 0 atom stereocenters. The lowest BCUT2D eigenvalue weighted by Crippen LogP contribution is -1.87. The van der Waals surface area contributed by atoms with Crippen LogP contribution in [0.25, 0.3) is 11.1 Å². The van der Waals surface area contributed by atoms with Gasteiger partial charge in [-0.2, -0.15) is 0 Å². The molecule has 0 radical (unpaired) electrons. The molecular formula is C25H19F. The van der Waals surface area contributed by atoms with Gasteiger partial charge in [0, 0.05) is 23.1 Å². The lowest BCUT2D eigenvalue weighted by Gasteiger charge is -2.04. The predicted octanol–water partition coefficient (Wildman–Crippen LogP) is 5.77. The number of halogens is 1. The van der Waals surface area contributed by atoms with Crippen molar-refractivity contribution >= 4 is 0 Å². The number of hydrogen-bond donors (Lipinski definition) is 0. The summed E-state index contributed by atoms with van der Waals surface area (Å²) in [5, 5.41) is 0. The van der Waals surface area contributed by atoms with E-state index in [2.05, 4.69) is 23.7 Å². The molecule has 26 heavy (non-hydrogen) atoms. The van der Waals surface area contributed by atoms with Gasteiger partial charge in [-0.15, -0.1) is 5.92 Å². The van der Waals surface area contributed by atoms with Crippen molar-refractivity contribution in [2.24, 2.45) is 0 Å². The van der Waals surface area contributed by atoms with Crippen molar-refractivity contribution in [2.45, 2.75) is 20.3 Å². The number of rotatable bonds is 2. The molecule has 0 spiro atoms. The van der Waals surface area contributed by atoms with Crippen molar-refractivity contribution < 1.29 is 4.39 Å². The summed E-state index contributed by atoms with van der Waals surface area (Å²) in [6, 6.07) is 21.0. The molecule has 0 heterocycles. The zero-order valence-electron chi connectivity index (χ0n) is 14.9. The molecule has 0 aliphatic rings. The molecule has 0 saturated carbocycles. The fourth-order valence-corrected chi connectivity index (χ4v) is 2.60. The summed E-state index contributed by atoms with van der Waals surface area (Å²) in [7, 11) is 0. The lowest BCUT2D eigenvalue weighted by molar-refractivity contribution is 0.631. The molecule has 0 aromatic heterocycles. The molecule has 3 rings (SSSR count). The van der Waals surface area contributed by atoms with Crippen LogP contribution >= 0.6 is 0 Å². The highest BCUT2D eigenvalue weighted by Gasteiger charge is 2.05. The third kappa shape index (κ3) is 4.41. The summed E-state index contributed by atoms with van der Waals surface area (Å²) in [5.74, 6) is 11.8. The van der Waals surface area contributed by atoms with E-state index < -0.39 is 0 Å². The first kappa shape index (κ1) is 17.5. The van der Waals surface area contributed by atoms with Gasteiger partial charge < -0.3 is 0 Å². The summed E-state index contributed by atoms with van der Waals surface area (Å²) < 4.78 is 14.5. The molecule has 3 aromatic rings. The van der Waals surface area contributed by atoms with Gasteiger partial charge in [-0.05, 0) is 49.2 Å². The maximum Gasteiger partial charge on any atom is 0.132 e. The Kier molecular flexibility index (Phi) is 5.52. The van der Waals surface area contributed by atoms with Crippen LogP contribution in [0.1, 0.15) is 29.2 Å². The van der Waals surface area contributed by atoms with Crippen LogP contribution in [0.2, 0.25) is 0 Å². The van der Waals surface area contributed by atoms with Crippen molar-refractivity contribution in [3.05, 3.63) is 94.8 Å². The SMILES string of the molecule is CC#CCc1ccc(C#Cc2ccc(-c3ccc(C)cc3)c(F)c2)cc1. The molecule has 3 aromatic carbocycles. The quantitative estimate of drug-likeness (QED) is 0.521. The minimum absolute atomic E-state index is 0.255. The standard InChI is InChI=1S/C25H19F/c1-3-4-5-20-8-10-21(11-9-20)12-13-22-14-17-24(25(26)18-22)23-15-6-19(2)7-16-23/h6-11,14-18H,5H2,1-2H3. The van der Waals surface area contributed by atoms with Crippen LogP contribution in [0.4, 0.5) is 4.39 Å². The minimum atomic E-state index is -0.255. The van der Waals surface area contributed by atoms with E-state index in [1.54, 1.807) is 6.07 Å². The fraction of sp³-hybridized carbons (Fsp3) is 0.120. The van der Waals surface area contributed by atoms with Gasteiger partial charge in [0.25, 0.3) is 0 Å². The van der Waals surface area contributed by atoms with Crippen LogP contribution in [-0.4, -0.2) is 0 Å². The van der Waals surface area contributed by atoms with Crippen molar-refractivity contribution in [3.63, 3.8) is 0 Å². The Morgan fingerprint density at radius 3 is 2.12 bits per heavy atom. The Balaban J connectivity index is 1.79. The van der Waals surface area contributed by atoms with Crippen LogP contribution in [0, 0.1) is 36.4 Å². The Labute approximate surface area is 154 Å². The first-order valence-electron chi connectivity index (χ1n) is 8.53. The highest BCUT2D eigenvalue weighted by atomic mass is 19.1. The molecule has 0 bridgehead atoms. The number of benzene rings is 3. The molecule has 1 heteroatoms. The van der Waals surface area contributed by atoms with E-state index in [-0.39, 0.29) is 5.82 Å². The Morgan fingerprint density at radius 1 is 0.808 bits per heavy atom. The van der Waals surface area contributed by atoms with Gasteiger partial charge in [-0.1, -0.05) is 65.8 Å². The van der Waals surface area contributed by atoms with Gasteiger partial charge in [0.15, 0.2) is 0 Å². The van der Waals surface area contributed by atoms with E-state index in [4.69, 9.17) is 0 Å². The van der Waals surface area contributed by atoms with Crippen LogP contribution < -0.4 is 0 Å². The van der Waals surface area contributed by atoms with Crippen LogP contribution in [-0.2, 0) is 6.42 Å². The van der Waals surface area contributed by atoms with Crippen molar-refractivity contribution in [2.75, 3.05) is 0 Å². The Morgan fingerprint density at radius 2 is 1.46 bits per heavy atom. The van der Waals surface area contributed by atoms with E-state index in [1.807, 2.05) is 68.4 Å². The summed E-state index contributed by atoms with van der Waals surface area (Å²) in [4.78, 5) is 0. The van der Waals surface area contributed by atoms with Gasteiger partial charge in [0.2, 0.25) is 0 Å².